The number of carbonyl (C=O) groups is 1. The first kappa shape index (κ1) is 17.3. The van der Waals surface area contributed by atoms with Crippen molar-refractivity contribution in [1.29, 1.82) is 0 Å². The number of nitrogens with zero attached hydrogens (tertiary/aromatic N) is 3. The molecule has 3 heterocycles. The van der Waals surface area contributed by atoms with Gasteiger partial charge in [0, 0.05) is 17.3 Å². The molecule has 1 aromatic carbocycles. The maximum absolute atomic E-state index is 13.3. The average molecular weight is 367 g/mol. The number of ketones is 1. The lowest BCUT2D eigenvalue weighted by Crippen LogP contribution is -2.40. The molecule has 2 aromatic heterocycles. The summed E-state index contributed by atoms with van der Waals surface area (Å²) in [5.41, 5.74) is 1.10. The van der Waals surface area contributed by atoms with Crippen LogP contribution in [0.1, 0.15) is 43.5 Å². The highest BCUT2D eigenvalue weighted by atomic mass is 19.1. The lowest BCUT2D eigenvalue weighted by Gasteiger charge is -2.36. The Hall–Kier alpha value is -3.09. The van der Waals surface area contributed by atoms with E-state index in [9.17, 15) is 9.18 Å². The van der Waals surface area contributed by atoms with Gasteiger partial charge in [0.1, 0.15) is 17.2 Å². The van der Waals surface area contributed by atoms with E-state index in [2.05, 4.69) is 15.1 Å². The number of hydrogen-bond acceptors (Lipinski definition) is 6. The molecule has 0 saturated carbocycles. The molecule has 0 bridgehead atoms. The zero-order valence-electron chi connectivity index (χ0n) is 15.0. The van der Waals surface area contributed by atoms with Crippen LogP contribution in [0.3, 0.4) is 0 Å². The molecule has 0 atom stereocenters. The van der Waals surface area contributed by atoms with Crippen LogP contribution in [-0.4, -0.2) is 26.5 Å². The van der Waals surface area contributed by atoms with E-state index in [0.29, 0.717) is 28.9 Å². The Balaban J connectivity index is 1.68. The van der Waals surface area contributed by atoms with Crippen molar-refractivity contribution < 1.29 is 18.4 Å². The van der Waals surface area contributed by atoms with Crippen LogP contribution in [0.15, 0.2) is 41.2 Å². The van der Waals surface area contributed by atoms with Gasteiger partial charge in [-0.2, -0.15) is 4.98 Å². The molecule has 0 N–H and O–H groups in total. The number of rotatable bonds is 4. The Morgan fingerprint density at radius 3 is 2.70 bits per heavy atom. The molecule has 0 saturated heterocycles. The summed E-state index contributed by atoms with van der Waals surface area (Å²) in [6.45, 7) is 4.05. The summed E-state index contributed by atoms with van der Waals surface area (Å²) in [6.07, 6.45) is 4.44. The van der Waals surface area contributed by atoms with Crippen LogP contribution in [0, 0.1) is 5.82 Å². The standard InChI is InChI=1S/C20H18FN3O3/c1-3-20(4-2)9-16(25)15-8-12(5-6-17(15)26-20)19-23-18(24-27-19)13-7-14(21)11-22-10-13/h5-8,10-11H,3-4,9H2,1-2H3. The van der Waals surface area contributed by atoms with Crippen molar-refractivity contribution in [3.8, 4) is 28.6 Å². The molecule has 138 valence electrons. The molecular weight excluding hydrogens is 349 g/mol. The molecular formula is C20H18FN3O3. The zero-order valence-corrected chi connectivity index (χ0v) is 15.0. The van der Waals surface area contributed by atoms with Gasteiger partial charge in [-0.1, -0.05) is 19.0 Å². The first-order valence-electron chi connectivity index (χ1n) is 8.85. The highest BCUT2D eigenvalue weighted by Crippen LogP contribution is 2.38. The van der Waals surface area contributed by atoms with E-state index < -0.39 is 11.4 Å². The fraction of sp³-hybridized carbons (Fsp3) is 0.300. The molecule has 1 aliphatic rings. The van der Waals surface area contributed by atoms with Gasteiger partial charge in [0.15, 0.2) is 5.78 Å². The van der Waals surface area contributed by atoms with Crippen molar-refractivity contribution in [2.75, 3.05) is 0 Å². The first-order valence-corrected chi connectivity index (χ1v) is 8.85. The van der Waals surface area contributed by atoms with Crippen LogP contribution in [0.5, 0.6) is 5.75 Å². The van der Waals surface area contributed by atoms with E-state index >= 15 is 0 Å². The largest absolute Gasteiger partial charge is 0.486 e. The van der Waals surface area contributed by atoms with Crippen molar-refractivity contribution >= 4 is 5.78 Å². The molecule has 0 spiro atoms. The van der Waals surface area contributed by atoms with E-state index in [1.165, 1.54) is 12.3 Å². The maximum atomic E-state index is 13.3. The van der Waals surface area contributed by atoms with Gasteiger partial charge in [-0.05, 0) is 37.1 Å². The Kier molecular flexibility index (Phi) is 4.22. The number of aromatic nitrogens is 3. The minimum Gasteiger partial charge on any atom is -0.486 e. The molecule has 4 rings (SSSR count). The van der Waals surface area contributed by atoms with Gasteiger partial charge >= 0.3 is 0 Å². The summed E-state index contributed by atoms with van der Waals surface area (Å²) in [6, 6.07) is 6.51. The van der Waals surface area contributed by atoms with Crippen molar-refractivity contribution in [2.45, 2.75) is 38.7 Å². The SMILES string of the molecule is CCC1(CC)CC(=O)c2cc(-c3nc(-c4cncc(F)c4)no3)ccc2O1. The number of pyridine rings is 1. The number of Topliss-reactive ketones (excluding diaryl/α,β-unsaturated/α-hetero) is 1. The van der Waals surface area contributed by atoms with Crippen molar-refractivity contribution in [1.82, 2.24) is 15.1 Å². The normalized spacial score (nSPS) is 15.3. The third-order valence-corrected chi connectivity index (χ3v) is 5.01. The fourth-order valence-corrected chi connectivity index (χ4v) is 3.26. The second-order valence-electron chi connectivity index (χ2n) is 6.62. The molecule has 3 aromatic rings. The second-order valence-corrected chi connectivity index (χ2v) is 6.62. The Labute approximate surface area is 155 Å². The van der Waals surface area contributed by atoms with Gasteiger partial charge in [0.05, 0.1) is 18.2 Å². The number of halogens is 1. The van der Waals surface area contributed by atoms with E-state index in [1.54, 1.807) is 18.2 Å². The Morgan fingerprint density at radius 1 is 1.15 bits per heavy atom. The number of fused-ring (bicyclic) bond motifs is 1. The molecule has 0 fully saturated rings. The maximum Gasteiger partial charge on any atom is 0.258 e. The number of hydrogen-bond donors (Lipinski definition) is 0. The van der Waals surface area contributed by atoms with Gasteiger partial charge in [-0.3, -0.25) is 9.78 Å². The molecule has 0 amide bonds. The smallest absolute Gasteiger partial charge is 0.258 e. The minimum atomic E-state index is -0.481. The number of carbonyl (C=O) groups excluding carboxylic acids is 1. The third kappa shape index (κ3) is 3.09. The summed E-state index contributed by atoms with van der Waals surface area (Å²) in [5, 5.41) is 3.88. The molecule has 6 nitrogen and oxygen atoms in total. The summed E-state index contributed by atoms with van der Waals surface area (Å²) in [7, 11) is 0. The van der Waals surface area contributed by atoms with Crippen LogP contribution in [-0.2, 0) is 0 Å². The van der Waals surface area contributed by atoms with Crippen LogP contribution in [0.4, 0.5) is 4.39 Å². The Bertz CT molecular complexity index is 1010. The number of ether oxygens (including phenoxy) is 1. The highest BCUT2D eigenvalue weighted by molar-refractivity contribution is 6.01. The molecule has 7 heteroatoms. The van der Waals surface area contributed by atoms with Gasteiger partial charge < -0.3 is 9.26 Å². The van der Waals surface area contributed by atoms with Crippen molar-refractivity contribution in [3.63, 3.8) is 0 Å². The third-order valence-electron chi connectivity index (χ3n) is 5.01. The quantitative estimate of drug-likeness (QED) is 0.677. The van der Waals surface area contributed by atoms with Gasteiger partial charge in [0.25, 0.3) is 5.89 Å². The lowest BCUT2D eigenvalue weighted by atomic mass is 9.85. The second kappa shape index (κ2) is 6.57. The molecule has 0 aliphatic carbocycles. The van der Waals surface area contributed by atoms with Crippen LogP contribution in [0.2, 0.25) is 0 Å². The summed E-state index contributed by atoms with van der Waals surface area (Å²) >= 11 is 0. The van der Waals surface area contributed by atoms with E-state index in [1.807, 2.05) is 13.8 Å². The average Bonchev–Trinajstić information content (AvgIpc) is 3.18. The molecule has 1 aliphatic heterocycles. The van der Waals surface area contributed by atoms with Crippen molar-refractivity contribution in [2.24, 2.45) is 0 Å². The van der Waals surface area contributed by atoms with Crippen LogP contribution >= 0.6 is 0 Å². The summed E-state index contributed by atoms with van der Waals surface area (Å²) < 4.78 is 24.8. The van der Waals surface area contributed by atoms with E-state index in [-0.39, 0.29) is 17.5 Å². The van der Waals surface area contributed by atoms with E-state index in [4.69, 9.17) is 9.26 Å². The van der Waals surface area contributed by atoms with Gasteiger partial charge in [0.2, 0.25) is 5.82 Å². The fourth-order valence-electron chi connectivity index (χ4n) is 3.26. The predicted octanol–water partition coefficient (Wildman–Crippen LogP) is 4.46. The zero-order chi connectivity index (χ0) is 19.0. The van der Waals surface area contributed by atoms with Crippen LogP contribution in [0.25, 0.3) is 22.8 Å². The monoisotopic (exact) mass is 367 g/mol. The summed E-state index contributed by atoms with van der Waals surface area (Å²) in [4.78, 5) is 20.7. The first-order chi connectivity index (χ1) is 13.0. The molecule has 0 radical (unpaired) electrons. The summed E-state index contributed by atoms with van der Waals surface area (Å²) in [5.74, 6) is 0.607. The topological polar surface area (TPSA) is 78.1 Å². The number of benzene rings is 1. The van der Waals surface area contributed by atoms with Gasteiger partial charge in [-0.25, -0.2) is 4.39 Å². The van der Waals surface area contributed by atoms with E-state index in [0.717, 1.165) is 19.0 Å². The lowest BCUT2D eigenvalue weighted by molar-refractivity contribution is 0.0350. The van der Waals surface area contributed by atoms with Gasteiger partial charge in [-0.15, -0.1) is 0 Å². The minimum absolute atomic E-state index is 0.0378. The van der Waals surface area contributed by atoms with Crippen molar-refractivity contribution in [3.05, 3.63) is 48.0 Å². The molecule has 27 heavy (non-hydrogen) atoms. The Morgan fingerprint density at radius 2 is 1.96 bits per heavy atom. The molecule has 0 unspecified atom stereocenters. The van der Waals surface area contributed by atoms with Crippen LogP contribution < -0.4 is 4.74 Å². The predicted molar refractivity (Wildman–Crippen MR) is 95.8 cm³/mol. The highest BCUT2D eigenvalue weighted by Gasteiger charge is 2.37.